The molecule has 7 nitrogen and oxygen atoms in total. The lowest BCUT2D eigenvalue weighted by molar-refractivity contribution is 0.102. The lowest BCUT2D eigenvalue weighted by atomic mass is 10.1. The smallest absolute Gasteiger partial charge is 0.256 e. The molecule has 1 aliphatic rings. The number of pyridine rings is 1. The van der Waals surface area contributed by atoms with Gasteiger partial charge in [-0.25, -0.2) is 9.67 Å². The topological polar surface area (TPSA) is 66.3 Å². The molecule has 0 saturated carbocycles. The molecular formula is C27H30N6O. The van der Waals surface area contributed by atoms with Crippen molar-refractivity contribution in [1.82, 2.24) is 19.7 Å². The maximum atomic E-state index is 13.6. The number of anilines is 2. The first kappa shape index (κ1) is 22.1. The zero-order valence-electron chi connectivity index (χ0n) is 19.7. The van der Waals surface area contributed by atoms with Crippen molar-refractivity contribution in [2.75, 3.05) is 42.9 Å². The normalized spacial score (nSPS) is 14.5. The summed E-state index contributed by atoms with van der Waals surface area (Å²) in [5, 5.41) is 8.41. The van der Waals surface area contributed by atoms with Crippen LogP contribution in [0.15, 0.2) is 66.9 Å². The Kier molecular flexibility index (Phi) is 6.27. The van der Waals surface area contributed by atoms with E-state index in [2.05, 4.69) is 33.2 Å². The Hall–Kier alpha value is -3.71. The van der Waals surface area contributed by atoms with E-state index in [1.165, 1.54) is 0 Å². The lowest BCUT2D eigenvalue weighted by Gasteiger charge is -2.36. The van der Waals surface area contributed by atoms with Crippen molar-refractivity contribution in [2.45, 2.75) is 20.4 Å². The molecule has 1 saturated heterocycles. The molecule has 3 heterocycles. The fraction of sp³-hybridized carbons (Fsp3) is 0.296. The van der Waals surface area contributed by atoms with Crippen LogP contribution in [0.3, 0.4) is 0 Å². The van der Waals surface area contributed by atoms with Gasteiger partial charge in [0.1, 0.15) is 0 Å². The first-order valence-electron chi connectivity index (χ1n) is 12.0. The number of amides is 1. The molecule has 1 amide bonds. The van der Waals surface area contributed by atoms with Crippen molar-refractivity contribution in [1.29, 1.82) is 0 Å². The molecule has 1 aliphatic heterocycles. The molecule has 4 aromatic rings. The maximum Gasteiger partial charge on any atom is 0.256 e. The van der Waals surface area contributed by atoms with Gasteiger partial charge in [-0.15, -0.1) is 0 Å². The van der Waals surface area contributed by atoms with E-state index in [0.29, 0.717) is 12.1 Å². The van der Waals surface area contributed by atoms with Gasteiger partial charge in [0.2, 0.25) is 0 Å². The quantitative estimate of drug-likeness (QED) is 0.464. The molecule has 0 spiro atoms. The largest absolute Gasteiger partial charge is 0.367 e. The summed E-state index contributed by atoms with van der Waals surface area (Å²) in [6.07, 6.45) is 1.74. The molecule has 0 unspecified atom stereocenters. The number of aryl methyl sites for hydroxylation is 1. The average Bonchev–Trinajstić information content (AvgIpc) is 3.32. The second-order valence-electron chi connectivity index (χ2n) is 8.51. The van der Waals surface area contributed by atoms with Gasteiger partial charge < -0.3 is 15.1 Å². The Morgan fingerprint density at radius 1 is 0.941 bits per heavy atom. The monoisotopic (exact) mass is 454 g/mol. The van der Waals surface area contributed by atoms with Crippen molar-refractivity contribution in [3.05, 3.63) is 72.4 Å². The standard InChI is InChI=1S/C27H30N6O/c1-3-31-14-16-32(17-15-31)25-13-9-8-12-23(25)30-27(34)21-18-24(20-10-6-5-7-11-20)29-26-22(21)19-28-33(26)4-2/h5-13,18-19H,3-4,14-17H2,1-2H3,(H,30,34). The summed E-state index contributed by atoms with van der Waals surface area (Å²) in [5.41, 5.74) is 4.91. The zero-order valence-corrected chi connectivity index (χ0v) is 19.7. The minimum atomic E-state index is -0.153. The van der Waals surface area contributed by atoms with Crippen molar-refractivity contribution < 1.29 is 4.79 Å². The number of carbonyl (C=O) groups excluding carboxylic acids is 1. The van der Waals surface area contributed by atoms with Crippen LogP contribution in [0.5, 0.6) is 0 Å². The average molecular weight is 455 g/mol. The third-order valence-electron chi connectivity index (χ3n) is 6.54. The Bertz CT molecular complexity index is 1290. The first-order chi connectivity index (χ1) is 16.7. The number of fused-ring (bicyclic) bond motifs is 1. The zero-order chi connectivity index (χ0) is 23.5. The van der Waals surface area contributed by atoms with Crippen LogP contribution in [0, 0.1) is 0 Å². The van der Waals surface area contributed by atoms with E-state index < -0.39 is 0 Å². The SMILES string of the molecule is CCN1CCN(c2ccccc2NC(=O)c2cc(-c3ccccc3)nc3c2cnn3CC)CC1. The summed E-state index contributed by atoms with van der Waals surface area (Å²) in [4.78, 5) is 23.3. The van der Waals surface area contributed by atoms with Gasteiger partial charge in [0, 0.05) is 38.3 Å². The van der Waals surface area contributed by atoms with Gasteiger partial charge in [-0.3, -0.25) is 4.79 Å². The van der Waals surface area contributed by atoms with Crippen molar-refractivity contribution in [2.24, 2.45) is 0 Å². The Morgan fingerprint density at radius 3 is 2.41 bits per heavy atom. The highest BCUT2D eigenvalue weighted by molar-refractivity contribution is 6.13. The van der Waals surface area contributed by atoms with E-state index in [-0.39, 0.29) is 5.91 Å². The molecule has 0 atom stereocenters. The molecule has 0 bridgehead atoms. The number of likely N-dealkylation sites (N-methyl/N-ethyl adjacent to an activating group) is 1. The number of carbonyl (C=O) groups is 1. The molecule has 0 radical (unpaired) electrons. The van der Waals surface area contributed by atoms with Crippen LogP contribution in [-0.2, 0) is 6.54 Å². The summed E-state index contributed by atoms with van der Waals surface area (Å²) in [7, 11) is 0. The molecule has 1 N–H and O–H groups in total. The van der Waals surface area contributed by atoms with E-state index in [0.717, 1.165) is 66.4 Å². The van der Waals surface area contributed by atoms with E-state index in [9.17, 15) is 4.79 Å². The van der Waals surface area contributed by atoms with Gasteiger partial charge in [-0.1, -0.05) is 49.4 Å². The summed E-state index contributed by atoms with van der Waals surface area (Å²) in [6, 6.07) is 19.9. The Labute approximate surface area is 200 Å². The summed E-state index contributed by atoms with van der Waals surface area (Å²) in [6.45, 7) is 9.92. The third-order valence-corrected chi connectivity index (χ3v) is 6.54. The number of hydrogen-bond donors (Lipinski definition) is 1. The molecule has 1 fully saturated rings. The predicted octanol–water partition coefficient (Wildman–Crippen LogP) is 4.51. The highest BCUT2D eigenvalue weighted by atomic mass is 16.1. The van der Waals surface area contributed by atoms with Gasteiger partial charge in [0.25, 0.3) is 5.91 Å². The molecule has 34 heavy (non-hydrogen) atoms. The minimum Gasteiger partial charge on any atom is -0.367 e. The highest BCUT2D eigenvalue weighted by Crippen LogP contribution is 2.29. The van der Waals surface area contributed by atoms with Crippen LogP contribution in [0.4, 0.5) is 11.4 Å². The number of nitrogens with one attached hydrogen (secondary N) is 1. The fourth-order valence-electron chi connectivity index (χ4n) is 4.57. The van der Waals surface area contributed by atoms with Crippen molar-refractivity contribution in [3.8, 4) is 11.3 Å². The van der Waals surface area contributed by atoms with Gasteiger partial charge in [-0.2, -0.15) is 5.10 Å². The molecule has 2 aromatic carbocycles. The second-order valence-corrected chi connectivity index (χ2v) is 8.51. The molecule has 5 rings (SSSR count). The summed E-state index contributed by atoms with van der Waals surface area (Å²) < 4.78 is 1.83. The number of para-hydroxylation sites is 2. The van der Waals surface area contributed by atoms with Crippen LogP contribution in [0.25, 0.3) is 22.3 Å². The highest BCUT2D eigenvalue weighted by Gasteiger charge is 2.21. The van der Waals surface area contributed by atoms with E-state index >= 15 is 0 Å². The number of benzene rings is 2. The minimum absolute atomic E-state index is 0.153. The van der Waals surface area contributed by atoms with Crippen molar-refractivity contribution in [3.63, 3.8) is 0 Å². The number of aromatic nitrogens is 3. The Morgan fingerprint density at radius 2 is 1.68 bits per heavy atom. The van der Waals surface area contributed by atoms with Gasteiger partial charge >= 0.3 is 0 Å². The molecular weight excluding hydrogens is 424 g/mol. The number of piperazine rings is 1. The summed E-state index contributed by atoms with van der Waals surface area (Å²) in [5.74, 6) is -0.153. The number of hydrogen-bond acceptors (Lipinski definition) is 5. The first-order valence-corrected chi connectivity index (χ1v) is 12.0. The number of rotatable bonds is 6. The Balaban J connectivity index is 1.50. The van der Waals surface area contributed by atoms with E-state index in [1.54, 1.807) is 6.20 Å². The van der Waals surface area contributed by atoms with Gasteiger partial charge in [0.05, 0.1) is 34.2 Å². The van der Waals surface area contributed by atoms with Crippen molar-refractivity contribution >= 4 is 28.3 Å². The lowest BCUT2D eigenvalue weighted by Crippen LogP contribution is -2.46. The molecule has 0 aliphatic carbocycles. The van der Waals surface area contributed by atoms with E-state index in [1.807, 2.05) is 66.2 Å². The third kappa shape index (κ3) is 4.26. The van der Waals surface area contributed by atoms with Gasteiger partial charge in [-0.05, 0) is 31.7 Å². The molecule has 7 heteroatoms. The van der Waals surface area contributed by atoms with Crippen LogP contribution in [0.1, 0.15) is 24.2 Å². The predicted molar refractivity (Wildman–Crippen MR) is 137 cm³/mol. The van der Waals surface area contributed by atoms with Crippen LogP contribution < -0.4 is 10.2 Å². The maximum absolute atomic E-state index is 13.6. The second kappa shape index (κ2) is 9.65. The van der Waals surface area contributed by atoms with Gasteiger partial charge in [0.15, 0.2) is 5.65 Å². The molecule has 2 aromatic heterocycles. The summed E-state index contributed by atoms with van der Waals surface area (Å²) >= 11 is 0. The van der Waals surface area contributed by atoms with Crippen LogP contribution in [0.2, 0.25) is 0 Å². The molecule has 174 valence electrons. The van der Waals surface area contributed by atoms with Crippen LogP contribution in [-0.4, -0.2) is 58.3 Å². The van der Waals surface area contributed by atoms with E-state index in [4.69, 9.17) is 4.98 Å². The van der Waals surface area contributed by atoms with Crippen LogP contribution >= 0.6 is 0 Å². The number of nitrogens with zero attached hydrogens (tertiary/aromatic N) is 5. The fourth-order valence-corrected chi connectivity index (χ4v) is 4.57.